The number of piperidine rings is 1. The van der Waals surface area contributed by atoms with E-state index in [4.69, 9.17) is 5.11 Å². The van der Waals surface area contributed by atoms with Gasteiger partial charge in [0.05, 0.1) is 0 Å². The van der Waals surface area contributed by atoms with E-state index in [1.54, 1.807) is 19.2 Å². The van der Waals surface area contributed by atoms with Crippen molar-refractivity contribution in [3.8, 4) is 0 Å². The van der Waals surface area contributed by atoms with Crippen molar-refractivity contribution in [1.29, 1.82) is 0 Å². The number of halogens is 3. The highest BCUT2D eigenvalue weighted by Gasteiger charge is 2.46. The SMILES string of the molecule is CC(C)C[C@@H](NC(=O)[C@H]1CC[C@@H](C(F)(F)F)NC1=O)C(=O)O. The minimum Gasteiger partial charge on any atom is -0.480 e. The van der Waals surface area contributed by atoms with E-state index in [1.807, 2.05) is 0 Å². The van der Waals surface area contributed by atoms with Crippen LogP contribution in [0.3, 0.4) is 0 Å². The highest BCUT2D eigenvalue weighted by Crippen LogP contribution is 2.28. The summed E-state index contributed by atoms with van der Waals surface area (Å²) in [6.45, 7) is 3.53. The lowest BCUT2D eigenvalue weighted by atomic mass is 9.92. The van der Waals surface area contributed by atoms with E-state index < -0.39 is 48.4 Å². The Bertz CT molecular complexity index is 451. The van der Waals surface area contributed by atoms with E-state index in [1.165, 1.54) is 0 Å². The maximum Gasteiger partial charge on any atom is 0.408 e. The zero-order chi connectivity index (χ0) is 17.1. The largest absolute Gasteiger partial charge is 0.480 e. The number of carbonyl (C=O) groups excluding carboxylic acids is 2. The molecule has 2 amide bonds. The number of aliphatic carboxylic acids is 1. The highest BCUT2D eigenvalue weighted by atomic mass is 19.4. The lowest BCUT2D eigenvalue weighted by molar-refractivity contribution is -0.171. The molecule has 0 aromatic rings. The Morgan fingerprint density at radius 3 is 2.36 bits per heavy atom. The number of rotatable bonds is 5. The number of nitrogens with one attached hydrogen (secondary N) is 2. The Labute approximate surface area is 125 Å². The molecule has 0 saturated carbocycles. The van der Waals surface area contributed by atoms with Crippen LogP contribution >= 0.6 is 0 Å². The van der Waals surface area contributed by atoms with Crippen LogP contribution in [-0.4, -0.2) is 41.2 Å². The number of carboxylic acids is 1. The van der Waals surface area contributed by atoms with Crippen LogP contribution in [0.1, 0.15) is 33.1 Å². The van der Waals surface area contributed by atoms with Crippen molar-refractivity contribution in [2.24, 2.45) is 11.8 Å². The second-order valence-corrected chi connectivity index (χ2v) is 5.76. The number of amides is 2. The van der Waals surface area contributed by atoms with Crippen molar-refractivity contribution >= 4 is 17.8 Å². The van der Waals surface area contributed by atoms with Gasteiger partial charge in [-0.25, -0.2) is 4.79 Å². The molecule has 1 aliphatic rings. The van der Waals surface area contributed by atoms with Crippen LogP contribution < -0.4 is 10.6 Å². The van der Waals surface area contributed by atoms with E-state index in [-0.39, 0.29) is 18.8 Å². The molecule has 0 aliphatic carbocycles. The van der Waals surface area contributed by atoms with Crippen molar-refractivity contribution in [1.82, 2.24) is 10.6 Å². The first-order chi connectivity index (χ1) is 10.0. The van der Waals surface area contributed by atoms with Gasteiger partial charge in [0.15, 0.2) is 0 Å². The summed E-state index contributed by atoms with van der Waals surface area (Å²) in [5.74, 6) is -4.43. The molecule has 22 heavy (non-hydrogen) atoms. The predicted octanol–water partition coefficient (Wildman–Crippen LogP) is 1.06. The van der Waals surface area contributed by atoms with Crippen LogP contribution in [-0.2, 0) is 14.4 Å². The molecule has 3 atom stereocenters. The maximum atomic E-state index is 12.5. The monoisotopic (exact) mass is 324 g/mol. The standard InChI is InChI=1S/C13H19F3N2O4/c1-6(2)5-8(12(21)22)17-10(19)7-3-4-9(13(14,15)16)18-11(7)20/h6-9H,3-5H2,1-2H3,(H,17,19)(H,18,20)(H,21,22)/t7-,8-,9+/m1/s1. The molecule has 0 spiro atoms. The second-order valence-electron chi connectivity index (χ2n) is 5.76. The molecule has 0 bridgehead atoms. The zero-order valence-corrected chi connectivity index (χ0v) is 12.2. The fraction of sp³-hybridized carbons (Fsp3) is 0.769. The third kappa shape index (κ3) is 4.88. The van der Waals surface area contributed by atoms with E-state index in [9.17, 15) is 27.6 Å². The highest BCUT2D eigenvalue weighted by molar-refractivity contribution is 6.02. The second kappa shape index (κ2) is 6.97. The fourth-order valence-electron chi connectivity index (χ4n) is 2.27. The quantitative estimate of drug-likeness (QED) is 0.659. The van der Waals surface area contributed by atoms with Crippen LogP contribution in [0, 0.1) is 11.8 Å². The number of carbonyl (C=O) groups is 3. The first-order valence-corrected chi connectivity index (χ1v) is 6.92. The number of hydrogen-bond acceptors (Lipinski definition) is 3. The Balaban J connectivity index is 2.66. The van der Waals surface area contributed by atoms with Crippen LogP contribution in [0.25, 0.3) is 0 Å². The summed E-state index contributed by atoms with van der Waals surface area (Å²) in [4.78, 5) is 34.6. The summed E-state index contributed by atoms with van der Waals surface area (Å²) >= 11 is 0. The first kappa shape index (κ1) is 18.2. The topological polar surface area (TPSA) is 95.5 Å². The van der Waals surface area contributed by atoms with Gasteiger partial charge in [-0.05, 0) is 25.2 Å². The van der Waals surface area contributed by atoms with Crippen molar-refractivity contribution in [3.63, 3.8) is 0 Å². The molecule has 0 radical (unpaired) electrons. The Kier molecular flexibility index (Phi) is 5.78. The molecular formula is C13H19F3N2O4. The Morgan fingerprint density at radius 2 is 1.95 bits per heavy atom. The van der Waals surface area contributed by atoms with E-state index in [2.05, 4.69) is 5.32 Å². The molecule has 1 heterocycles. The number of hydrogen-bond donors (Lipinski definition) is 3. The normalized spacial score (nSPS) is 23.8. The van der Waals surface area contributed by atoms with E-state index in [0.717, 1.165) is 0 Å². The van der Waals surface area contributed by atoms with Gasteiger partial charge >= 0.3 is 12.1 Å². The molecule has 1 saturated heterocycles. The number of alkyl halides is 3. The summed E-state index contributed by atoms with van der Waals surface area (Å²) in [7, 11) is 0. The van der Waals surface area contributed by atoms with Gasteiger partial charge in [-0.2, -0.15) is 13.2 Å². The predicted molar refractivity (Wildman–Crippen MR) is 69.7 cm³/mol. The van der Waals surface area contributed by atoms with Gasteiger partial charge in [-0.15, -0.1) is 0 Å². The van der Waals surface area contributed by atoms with Gasteiger partial charge in [0.1, 0.15) is 18.0 Å². The van der Waals surface area contributed by atoms with Gasteiger partial charge in [0.25, 0.3) is 0 Å². The number of carboxylic acid groups (broad SMARTS) is 1. The molecule has 0 aromatic carbocycles. The van der Waals surface area contributed by atoms with Crippen LogP contribution in [0.15, 0.2) is 0 Å². The van der Waals surface area contributed by atoms with E-state index in [0.29, 0.717) is 0 Å². The van der Waals surface area contributed by atoms with Gasteiger partial charge < -0.3 is 15.7 Å². The average Bonchev–Trinajstić information content (AvgIpc) is 2.35. The summed E-state index contributed by atoms with van der Waals surface area (Å²) in [6.07, 6.45) is -5.07. The first-order valence-electron chi connectivity index (χ1n) is 6.92. The molecule has 0 aromatic heterocycles. The maximum absolute atomic E-state index is 12.5. The Morgan fingerprint density at radius 1 is 1.36 bits per heavy atom. The molecule has 3 N–H and O–H groups in total. The minimum absolute atomic E-state index is 0.00353. The van der Waals surface area contributed by atoms with Crippen molar-refractivity contribution in [3.05, 3.63) is 0 Å². The third-order valence-corrected chi connectivity index (χ3v) is 3.41. The molecule has 1 rings (SSSR count). The zero-order valence-electron chi connectivity index (χ0n) is 12.2. The summed E-state index contributed by atoms with van der Waals surface area (Å²) in [5.41, 5.74) is 0. The van der Waals surface area contributed by atoms with Gasteiger partial charge in [-0.1, -0.05) is 13.8 Å². The third-order valence-electron chi connectivity index (χ3n) is 3.41. The van der Waals surface area contributed by atoms with Crippen molar-refractivity contribution in [2.45, 2.75) is 51.4 Å². The average molecular weight is 324 g/mol. The summed E-state index contributed by atoms with van der Waals surface area (Å²) < 4.78 is 37.5. The Hall–Kier alpha value is -1.80. The smallest absolute Gasteiger partial charge is 0.408 e. The molecule has 126 valence electrons. The summed E-state index contributed by atoms with van der Waals surface area (Å²) in [6, 6.07) is -3.13. The van der Waals surface area contributed by atoms with Gasteiger partial charge in [0.2, 0.25) is 11.8 Å². The molecule has 6 nitrogen and oxygen atoms in total. The minimum atomic E-state index is -4.56. The van der Waals surface area contributed by atoms with Crippen LogP contribution in [0.2, 0.25) is 0 Å². The van der Waals surface area contributed by atoms with Gasteiger partial charge in [0, 0.05) is 0 Å². The summed E-state index contributed by atoms with van der Waals surface area (Å²) in [5, 5.41) is 13.0. The van der Waals surface area contributed by atoms with Crippen LogP contribution in [0.4, 0.5) is 13.2 Å². The molecule has 0 unspecified atom stereocenters. The lowest BCUT2D eigenvalue weighted by Gasteiger charge is -2.30. The molecule has 1 aliphatic heterocycles. The van der Waals surface area contributed by atoms with Gasteiger partial charge in [-0.3, -0.25) is 9.59 Å². The van der Waals surface area contributed by atoms with E-state index >= 15 is 0 Å². The fourth-order valence-corrected chi connectivity index (χ4v) is 2.27. The molecule has 1 fully saturated rings. The van der Waals surface area contributed by atoms with Crippen molar-refractivity contribution in [2.75, 3.05) is 0 Å². The molecular weight excluding hydrogens is 305 g/mol. The van der Waals surface area contributed by atoms with Crippen LogP contribution in [0.5, 0.6) is 0 Å². The van der Waals surface area contributed by atoms with Crippen molar-refractivity contribution < 1.29 is 32.7 Å². The molecule has 9 heteroatoms. The lowest BCUT2D eigenvalue weighted by Crippen LogP contribution is -2.56.